The number of imidazole rings is 1. The van der Waals surface area contributed by atoms with E-state index in [1.54, 1.807) is 0 Å². The summed E-state index contributed by atoms with van der Waals surface area (Å²) in [6.07, 6.45) is 0. The van der Waals surface area contributed by atoms with Crippen molar-refractivity contribution in [1.29, 1.82) is 0 Å². The Labute approximate surface area is 146 Å². The van der Waals surface area contributed by atoms with Gasteiger partial charge in [0, 0.05) is 36.0 Å². The van der Waals surface area contributed by atoms with Crippen molar-refractivity contribution in [2.24, 2.45) is 5.92 Å². The molecule has 0 fully saturated rings. The average molecular weight is 341 g/mol. The van der Waals surface area contributed by atoms with E-state index >= 15 is 0 Å². The quantitative estimate of drug-likeness (QED) is 0.690. The van der Waals surface area contributed by atoms with Gasteiger partial charge in [0.2, 0.25) is 0 Å². The molecule has 0 saturated carbocycles. The van der Waals surface area contributed by atoms with E-state index in [2.05, 4.69) is 41.8 Å². The molecule has 0 aliphatic heterocycles. The number of aromatic amines is 1. The van der Waals surface area contributed by atoms with Crippen LogP contribution in [0.25, 0.3) is 11.0 Å². The first kappa shape index (κ1) is 16.9. The van der Waals surface area contributed by atoms with Crippen LogP contribution >= 0.6 is 0 Å². The Balaban J connectivity index is 1.82. The zero-order chi connectivity index (χ0) is 17.1. The Hall–Kier alpha value is -1.98. The van der Waals surface area contributed by atoms with Crippen molar-refractivity contribution in [2.45, 2.75) is 24.8 Å². The van der Waals surface area contributed by atoms with Crippen LogP contribution in [0.1, 0.15) is 19.4 Å². The lowest BCUT2D eigenvalue weighted by Gasteiger charge is -2.24. The lowest BCUT2D eigenvalue weighted by molar-refractivity contribution is 0.587. The Morgan fingerprint density at radius 2 is 1.83 bits per heavy atom. The van der Waals surface area contributed by atoms with Gasteiger partial charge in [-0.15, -0.1) is 0 Å². The van der Waals surface area contributed by atoms with Gasteiger partial charge in [0.15, 0.2) is 0 Å². The van der Waals surface area contributed by atoms with Gasteiger partial charge >= 0.3 is 5.16 Å². The molecule has 0 spiro atoms. The second-order valence-electron chi connectivity index (χ2n) is 6.45. The van der Waals surface area contributed by atoms with Crippen LogP contribution in [-0.2, 0) is 16.9 Å². The van der Waals surface area contributed by atoms with Crippen LogP contribution in [0.15, 0.2) is 53.7 Å². The normalized spacial score (nSPS) is 12.7. The molecular weight excluding hydrogens is 318 g/mol. The van der Waals surface area contributed by atoms with E-state index in [4.69, 9.17) is 0 Å². The van der Waals surface area contributed by atoms with E-state index in [1.807, 2.05) is 42.5 Å². The molecule has 1 atom stereocenters. The van der Waals surface area contributed by atoms with E-state index < -0.39 is 11.2 Å². The van der Waals surface area contributed by atoms with Gasteiger partial charge in [-0.1, -0.05) is 44.2 Å². The van der Waals surface area contributed by atoms with Gasteiger partial charge in [-0.2, -0.15) is 4.98 Å². The molecule has 24 heavy (non-hydrogen) atoms. The fourth-order valence-corrected chi connectivity index (χ4v) is 3.99. The summed E-state index contributed by atoms with van der Waals surface area (Å²) in [4.78, 5) is 9.87. The molecule has 1 N–H and O–H groups in total. The number of aromatic nitrogens is 2. The summed E-state index contributed by atoms with van der Waals surface area (Å²) in [5, 5.41) is 0.539. The number of rotatable bonds is 6. The number of fused-ring (bicyclic) bond motifs is 1. The lowest BCUT2D eigenvalue weighted by atomic mass is 10.1. The largest absolute Gasteiger partial charge is 0.609 e. The summed E-state index contributed by atoms with van der Waals surface area (Å²) in [5.74, 6) is 1.03. The minimum atomic E-state index is -1.20. The second kappa shape index (κ2) is 7.28. The number of benzene rings is 2. The number of nitrogens with one attached hydrogen (secondary N) is 1. The smallest absolute Gasteiger partial charge is 0.321 e. The van der Waals surface area contributed by atoms with Crippen LogP contribution < -0.4 is 4.90 Å². The number of anilines is 1. The average Bonchev–Trinajstić information content (AvgIpc) is 2.99. The Morgan fingerprint density at radius 1 is 1.12 bits per heavy atom. The first-order valence-electron chi connectivity index (χ1n) is 8.16. The predicted molar refractivity (Wildman–Crippen MR) is 101 cm³/mol. The van der Waals surface area contributed by atoms with Crippen molar-refractivity contribution in [3.63, 3.8) is 0 Å². The van der Waals surface area contributed by atoms with Crippen molar-refractivity contribution in [3.8, 4) is 0 Å². The van der Waals surface area contributed by atoms with Crippen LogP contribution in [0.2, 0.25) is 0 Å². The molecule has 1 unspecified atom stereocenters. The monoisotopic (exact) mass is 341 g/mol. The van der Waals surface area contributed by atoms with Crippen molar-refractivity contribution in [2.75, 3.05) is 18.5 Å². The van der Waals surface area contributed by atoms with Gasteiger partial charge in [-0.05, 0) is 24.1 Å². The van der Waals surface area contributed by atoms with E-state index in [0.717, 1.165) is 28.8 Å². The second-order valence-corrected chi connectivity index (χ2v) is 7.82. The van der Waals surface area contributed by atoms with Gasteiger partial charge in [-0.3, -0.25) is 4.98 Å². The Kier molecular flexibility index (Phi) is 5.11. The van der Waals surface area contributed by atoms with Gasteiger partial charge in [0.25, 0.3) is 0 Å². The molecule has 5 heteroatoms. The molecular formula is C19H23N3OS. The molecule has 126 valence electrons. The standard InChI is InChI=1S/C19H23N3OS/c1-14(2)12-22(3)18-11-7-4-8-15(18)13-24(23)19-20-16-9-5-6-10-17(16)21-19/h4-11,14H,12-13H2,1-3H3,(H,20,21). The van der Waals surface area contributed by atoms with Crippen LogP contribution in [-0.4, -0.2) is 28.1 Å². The molecule has 4 nitrogen and oxygen atoms in total. The molecule has 1 heterocycles. The fraction of sp³-hybridized carbons (Fsp3) is 0.316. The molecule has 0 amide bonds. The van der Waals surface area contributed by atoms with Crippen molar-refractivity contribution in [1.82, 2.24) is 9.97 Å². The van der Waals surface area contributed by atoms with Gasteiger partial charge in [0.1, 0.15) is 5.75 Å². The van der Waals surface area contributed by atoms with Gasteiger partial charge in [0.05, 0.1) is 11.0 Å². The molecule has 0 bridgehead atoms. The first-order chi connectivity index (χ1) is 11.5. The maximum atomic E-state index is 12.8. The number of hydrogen-bond donors (Lipinski definition) is 1. The zero-order valence-electron chi connectivity index (χ0n) is 14.3. The van der Waals surface area contributed by atoms with Crippen LogP contribution in [0.3, 0.4) is 0 Å². The summed E-state index contributed by atoms with van der Waals surface area (Å²) in [5.41, 5.74) is 3.99. The topological polar surface area (TPSA) is 55.0 Å². The van der Waals surface area contributed by atoms with Crippen molar-refractivity contribution >= 4 is 27.9 Å². The fourth-order valence-electron chi connectivity index (χ4n) is 2.90. The summed E-state index contributed by atoms with van der Waals surface area (Å²) >= 11 is -1.20. The minimum absolute atomic E-state index is 0.457. The van der Waals surface area contributed by atoms with Crippen LogP contribution in [0, 0.1) is 5.92 Å². The molecule has 3 rings (SSSR count). The third kappa shape index (κ3) is 3.74. The number of H-pyrrole nitrogens is 1. The van der Waals surface area contributed by atoms with Crippen molar-refractivity contribution in [3.05, 3.63) is 54.1 Å². The molecule has 1 aromatic heterocycles. The summed E-state index contributed by atoms with van der Waals surface area (Å²) in [6, 6.07) is 15.9. The third-order valence-corrected chi connectivity index (χ3v) is 5.11. The Morgan fingerprint density at radius 3 is 2.58 bits per heavy atom. The first-order valence-corrected chi connectivity index (χ1v) is 9.48. The molecule has 0 radical (unpaired) electrons. The summed E-state index contributed by atoms with van der Waals surface area (Å²) in [7, 11) is 2.09. The maximum Gasteiger partial charge on any atom is 0.321 e. The van der Waals surface area contributed by atoms with E-state index in [-0.39, 0.29) is 0 Å². The number of para-hydroxylation sites is 3. The highest BCUT2D eigenvalue weighted by molar-refractivity contribution is 7.90. The molecule has 3 aromatic rings. The van der Waals surface area contributed by atoms with Crippen LogP contribution in [0.5, 0.6) is 0 Å². The third-order valence-electron chi connectivity index (χ3n) is 3.91. The van der Waals surface area contributed by atoms with E-state index in [9.17, 15) is 4.55 Å². The highest BCUT2D eigenvalue weighted by Crippen LogP contribution is 2.25. The molecule has 2 aromatic carbocycles. The molecule has 0 saturated heterocycles. The van der Waals surface area contributed by atoms with Gasteiger partial charge < -0.3 is 9.45 Å². The van der Waals surface area contributed by atoms with E-state index in [1.165, 1.54) is 0 Å². The van der Waals surface area contributed by atoms with Gasteiger partial charge in [-0.25, -0.2) is 0 Å². The number of nitrogens with zero attached hydrogens (tertiary/aromatic N) is 2. The molecule has 0 aliphatic carbocycles. The highest BCUT2D eigenvalue weighted by atomic mass is 32.2. The Bertz CT molecular complexity index is 782. The summed E-state index contributed by atoms with van der Waals surface area (Å²) in [6.45, 7) is 5.37. The van der Waals surface area contributed by atoms with Crippen LogP contribution in [0.4, 0.5) is 5.69 Å². The minimum Gasteiger partial charge on any atom is -0.609 e. The van der Waals surface area contributed by atoms with Crippen molar-refractivity contribution < 1.29 is 4.55 Å². The highest BCUT2D eigenvalue weighted by Gasteiger charge is 2.20. The van der Waals surface area contributed by atoms with E-state index in [0.29, 0.717) is 16.8 Å². The number of hydrogen-bond acceptors (Lipinski definition) is 3. The lowest BCUT2D eigenvalue weighted by Crippen LogP contribution is -2.24. The zero-order valence-corrected chi connectivity index (χ0v) is 15.1. The predicted octanol–water partition coefficient (Wildman–Crippen LogP) is 3.96. The molecule has 0 aliphatic rings. The summed E-state index contributed by atoms with van der Waals surface area (Å²) < 4.78 is 12.8. The maximum absolute atomic E-state index is 12.8. The SMILES string of the molecule is CC(C)CN(C)c1ccccc1C[S+]([O-])c1nc2ccccc2[nH]1.